The molecule has 29 N–H and O–H groups in total. The molecular weight excluding hydrogens is 742 g/mol. The van der Waals surface area contributed by atoms with E-state index in [1.807, 2.05) is 0 Å². The van der Waals surface area contributed by atoms with Crippen LogP contribution >= 0.6 is 0 Å². The molecule has 0 radical (unpaired) electrons. The van der Waals surface area contributed by atoms with E-state index in [1.165, 1.54) is 0 Å². The van der Waals surface area contributed by atoms with Crippen LogP contribution in [-0.2, 0) is 72.8 Å². The Hall–Kier alpha value is -1.11. The van der Waals surface area contributed by atoms with Gasteiger partial charge in [0.15, 0.2) is 0 Å². The Bertz CT molecular complexity index is 924. The van der Waals surface area contributed by atoms with Crippen LogP contribution in [0.5, 0.6) is 0 Å². The fourth-order valence-electron chi connectivity index (χ4n) is 0. The second-order valence-corrected chi connectivity index (χ2v) is 9.40. The smallest absolute Gasteiger partial charge is 0.344 e. The van der Waals surface area contributed by atoms with Crippen LogP contribution in [0.25, 0.3) is 0 Å². The van der Waals surface area contributed by atoms with Gasteiger partial charge in [-0.15, -0.1) is 0 Å². The van der Waals surface area contributed by atoms with Gasteiger partial charge in [0.05, 0.1) is 0 Å². The first-order valence-electron chi connectivity index (χ1n) is 4.89. The molecule has 40 heteroatoms. The summed E-state index contributed by atoms with van der Waals surface area (Å²) in [4.78, 5) is 0. The maximum atomic E-state index is 8.74. The maximum Gasteiger partial charge on any atom is 0.394 e. The molecular formula is H29N5O28S7. The summed E-state index contributed by atoms with van der Waals surface area (Å²) in [5, 5.41) is 0. The quantitative estimate of drug-likeness (QED) is 0.105. The van der Waals surface area contributed by atoms with Crippen LogP contribution in [0.1, 0.15) is 0 Å². The minimum absolute atomic E-state index is 0. The normalized spacial score (nSPS) is 10.2. The molecule has 0 saturated carbocycles. The predicted octanol–water partition coefficient (Wildman–Crippen LogP) is -3.76. The average Bonchev–Trinajstić information content (AvgIpc) is 2.06. The van der Waals surface area contributed by atoms with Crippen LogP contribution in [0.3, 0.4) is 0 Å². The van der Waals surface area contributed by atoms with Gasteiger partial charge in [-0.1, -0.05) is 0 Å². The molecule has 0 saturated heterocycles. The van der Waals surface area contributed by atoms with E-state index in [4.69, 9.17) is 123 Å². The van der Waals surface area contributed by atoms with Crippen molar-refractivity contribution in [1.82, 2.24) is 30.8 Å². The predicted molar refractivity (Wildman–Crippen MR) is 124 cm³/mol. The van der Waals surface area contributed by atoms with Crippen molar-refractivity contribution in [3.8, 4) is 0 Å². The van der Waals surface area contributed by atoms with Crippen molar-refractivity contribution in [2.24, 2.45) is 0 Å². The van der Waals surface area contributed by atoms with Gasteiger partial charge in [0.1, 0.15) is 0 Å². The van der Waals surface area contributed by atoms with Gasteiger partial charge in [-0.25, -0.2) is 0 Å². The molecule has 40 heavy (non-hydrogen) atoms. The SMILES string of the molecule is N.N.N.N.N.O=S(=O)(O)O.O=S(=O)(O)O.O=S(=O)(O)O.O=S(=O)(O)O.O=S(=O)(O)O.O=S(=O)(O)O.O=S(=O)(O)O. The molecule has 0 rings (SSSR count). The van der Waals surface area contributed by atoms with Crippen molar-refractivity contribution in [2.45, 2.75) is 0 Å². The zero-order chi connectivity index (χ0) is 31.5. The van der Waals surface area contributed by atoms with Crippen molar-refractivity contribution < 1.29 is 123 Å². The molecule has 0 aliphatic rings. The monoisotopic (exact) mass is 771 g/mol. The lowest BCUT2D eigenvalue weighted by atomic mass is 14.0. The highest BCUT2D eigenvalue weighted by Crippen LogP contribution is 1.61. The molecule has 0 amide bonds. The fourth-order valence-corrected chi connectivity index (χ4v) is 0. The molecule has 0 unspecified atom stereocenters. The highest BCUT2D eigenvalue weighted by Gasteiger charge is 1.87. The topological polar surface area (TPSA) is 697 Å². The fraction of sp³-hybridized carbons (Fsp3) is 0. The summed E-state index contributed by atoms with van der Waals surface area (Å²) in [6.45, 7) is 0. The first-order chi connectivity index (χ1) is 14.0. The van der Waals surface area contributed by atoms with E-state index in [-0.39, 0.29) is 30.8 Å². The Labute approximate surface area is 226 Å². The van der Waals surface area contributed by atoms with Gasteiger partial charge in [0.2, 0.25) is 0 Å². The summed E-state index contributed by atoms with van der Waals surface area (Å²) < 4.78 is 221. The molecule has 0 aliphatic carbocycles. The summed E-state index contributed by atoms with van der Waals surface area (Å²) in [5.74, 6) is 0. The van der Waals surface area contributed by atoms with Gasteiger partial charge in [-0.3, -0.25) is 63.7 Å². The number of rotatable bonds is 0. The minimum atomic E-state index is -4.67. The third-order valence-electron chi connectivity index (χ3n) is 0. The standard InChI is InChI=1S/5H3N.7H2O4S/c;;;;;7*1-5(2,3)4/h5*1H3;7*(H2,1,2,3,4). The highest BCUT2D eigenvalue weighted by molar-refractivity contribution is 7.81. The minimum Gasteiger partial charge on any atom is -0.344 e. The zero-order valence-corrected chi connectivity index (χ0v) is 24.1. The lowest BCUT2D eigenvalue weighted by Crippen LogP contribution is -1.89. The van der Waals surface area contributed by atoms with E-state index in [1.54, 1.807) is 0 Å². The molecule has 0 spiro atoms. The summed E-state index contributed by atoms with van der Waals surface area (Å²) in [5.41, 5.74) is 0. The lowest BCUT2D eigenvalue weighted by Gasteiger charge is -1.68. The Balaban J connectivity index is -0.0000000224. The van der Waals surface area contributed by atoms with Gasteiger partial charge in [-0.2, -0.15) is 58.9 Å². The first-order valence-corrected chi connectivity index (χ1v) is 14.7. The summed E-state index contributed by atoms with van der Waals surface area (Å²) in [6, 6.07) is 0. The Morgan fingerprint density at radius 1 is 0.175 bits per heavy atom. The molecule has 33 nitrogen and oxygen atoms in total. The van der Waals surface area contributed by atoms with Gasteiger partial charge >= 0.3 is 72.8 Å². The van der Waals surface area contributed by atoms with E-state index >= 15 is 0 Å². The van der Waals surface area contributed by atoms with Gasteiger partial charge in [0, 0.05) is 0 Å². The number of hydrogen-bond donors (Lipinski definition) is 19. The van der Waals surface area contributed by atoms with Crippen molar-refractivity contribution in [1.29, 1.82) is 0 Å². The van der Waals surface area contributed by atoms with Crippen LogP contribution in [0.15, 0.2) is 0 Å². The van der Waals surface area contributed by atoms with E-state index in [9.17, 15) is 0 Å². The number of hydrogen-bond acceptors (Lipinski definition) is 19. The lowest BCUT2D eigenvalue weighted by molar-refractivity contribution is 0.378. The molecule has 0 heterocycles. The molecule has 0 aromatic heterocycles. The van der Waals surface area contributed by atoms with Crippen LogP contribution < -0.4 is 30.8 Å². The van der Waals surface area contributed by atoms with E-state index in [0.29, 0.717) is 0 Å². The second kappa shape index (κ2) is 30.8. The van der Waals surface area contributed by atoms with Crippen molar-refractivity contribution in [3.63, 3.8) is 0 Å². The van der Waals surface area contributed by atoms with E-state index in [0.717, 1.165) is 0 Å². The largest absolute Gasteiger partial charge is 0.394 e. The van der Waals surface area contributed by atoms with E-state index in [2.05, 4.69) is 0 Å². The Kier molecular flexibility index (Phi) is 59.5. The van der Waals surface area contributed by atoms with Gasteiger partial charge < -0.3 is 30.8 Å². The van der Waals surface area contributed by atoms with Crippen LogP contribution in [-0.4, -0.2) is 123 Å². The molecule has 0 fully saturated rings. The highest BCUT2D eigenvalue weighted by atomic mass is 32.3. The molecule has 0 aromatic rings. The molecule has 0 atom stereocenters. The average molecular weight is 772 g/mol. The second-order valence-electron chi connectivity index (χ2n) is 3.13. The molecule has 0 bridgehead atoms. The maximum absolute atomic E-state index is 8.74. The van der Waals surface area contributed by atoms with Crippen molar-refractivity contribution in [3.05, 3.63) is 0 Å². The van der Waals surface area contributed by atoms with Crippen LogP contribution in [0.4, 0.5) is 0 Å². The van der Waals surface area contributed by atoms with Crippen molar-refractivity contribution in [2.75, 3.05) is 0 Å². The molecule has 0 aromatic carbocycles. The molecule has 0 aliphatic heterocycles. The summed E-state index contributed by atoms with van der Waals surface area (Å²) in [6.07, 6.45) is 0. The zero-order valence-electron chi connectivity index (χ0n) is 18.4. The summed E-state index contributed by atoms with van der Waals surface area (Å²) >= 11 is 0. The van der Waals surface area contributed by atoms with Crippen LogP contribution in [0.2, 0.25) is 0 Å². The summed E-state index contributed by atoms with van der Waals surface area (Å²) in [7, 11) is -32.7. The third kappa shape index (κ3) is 38600. The Morgan fingerprint density at radius 2 is 0.175 bits per heavy atom. The van der Waals surface area contributed by atoms with Gasteiger partial charge in [0.25, 0.3) is 0 Å². The third-order valence-corrected chi connectivity index (χ3v) is 0. The van der Waals surface area contributed by atoms with Gasteiger partial charge in [-0.05, 0) is 0 Å². The first kappa shape index (κ1) is 77.2. The van der Waals surface area contributed by atoms with Crippen molar-refractivity contribution >= 4 is 72.8 Å². The van der Waals surface area contributed by atoms with E-state index < -0.39 is 72.8 Å². The Morgan fingerprint density at radius 3 is 0.175 bits per heavy atom. The van der Waals surface area contributed by atoms with Crippen LogP contribution in [0, 0.1) is 0 Å². The molecule has 264 valence electrons.